The first-order chi connectivity index (χ1) is 21.2. The maximum Gasteiger partial charge on any atom is 0.165 e. The Hall–Kier alpha value is -5.98. The minimum absolute atomic E-state index is 0.327. The molecule has 6 bridgehead atoms. The van der Waals surface area contributed by atoms with Gasteiger partial charge >= 0.3 is 0 Å². The smallest absolute Gasteiger partial charge is 0.165 e. The summed E-state index contributed by atoms with van der Waals surface area (Å²) in [6.07, 6.45) is 19.4. The van der Waals surface area contributed by atoms with Crippen molar-refractivity contribution < 1.29 is 0 Å². The van der Waals surface area contributed by atoms with Crippen molar-refractivity contribution in [2.24, 2.45) is 0 Å². The molecule has 0 radical (unpaired) electrons. The van der Waals surface area contributed by atoms with E-state index in [1.165, 1.54) is 0 Å². The monoisotopic (exact) mass is 556 g/mol. The quantitative estimate of drug-likeness (QED) is 0.227. The number of anilines is 1. The molecule has 0 fully saturated rings. The number of aromatic amines is 1. The fraction of sp³-hybridized carbons (Fsp3) is 0.0571. The van der Waals surface area contributed by atoms with Crippen molar-refractivity contribution in [3.05, 3.63) is 132 Å². The highest BCUT2D eigenvalue weighted by molar-refractivity contribution is 6.06. The molecule has 0 spiro atoms. The standard InChI is InChI=1S/C35H24N8/c36-29-22-13-9-8-12-21(22)20-37-30-23-14-6-3-7-17-24(23)32(39-30)41-34-27-18-10-11-19-28(27)35(43-34)42-33-26-16-5-2-1-4-15-25(26)31(38-29)40-33/h1-2,5-15,17-20H,3,16H2,(H3,36,37,38,39,40,41,42,43)/b5-2-. The number of benzene rings is 2. The number of aromatic nitrogens is 7. The normalized spacial score (nSPS) is 16.0. The lowest BCUT2D eigenvalue weighted by molar-refractivity contribution is 1.11. The van der Waals surface area contributed by atoms with Crippen molar-refractivity contribution in [3.8, 4) is 0 Å². The van der Waals surface area contributed by atoms with Gasteiger partial charge in [-0.1, -0.05) is 85.0 Å². The van der Waals surface area contributed by atoms with Crippen molar-refractivity contribution in [1.82, 2.24) is 34.9 Å². The molecule has 0 saturated heterocycles. The summed E-state index contributed by atoms with van der Waals surface area (Å²) >= 11 is 0. The fourth-order valence-corrected chi connectivity index (χ4v) is 5.56. The highest BCUT2D eigenvalue weighted by Crippen LogP contribution is 2.34. The Morgan fingerprint density at radius 2 is 1.35 bits per heavy atom. The van der Waals surface area contributed by atoms with Gasteiger partial charge < -0.3 is 10.7 Å². The third-order valence-corrected chi connectivity index (χ3v) is 7.65. The molecule has 2 aromatic heterocycles. The van der Waals surface area contributed by atoms with Gasteiger partial charge in [-0.25, -0.2) is 29.9 Å². The number of H-pyrrole nitrogens is 1. The Morgan fingerprint density at radius 3 is 2.16 bits per heavy atom. The average Bonchev–Trinajstić information content (AvgIpc) is 3.53. The summed E-state index contributed by atoms with van der Waals surface area (Å²) in [6, 6.07) is 15.8. The lowest BCUT2D eigenvalue weighted by atomic mass is 10.0. The van der Waals surface area contributed by atoms with E-state index in [2.05, 4.69) is 41.1 Å². The van der Waals surface area contributed by atoms with Crippen LogP contribution in [0.25, 0.3) is 55.1 Å². The van der Waals surface area contributed by atoms with Gasteiger partial charge in [0.1, 0.15) is 17.1 Å². The summed E-state index contributed by atoms with van der Waals surface area (Å²) in [4.78, 5) is 33.0. The third kappa shape index (κ3) is 4.34. The zero-order valence-electron chi connectivity index (χ0n) is 23.0. The van der Waals surface area contributed by atoms with Gasteiger partial charge in [0.15, 0.2) is 23.3 Å². The molecule has 8 nitrogen and oxygen atoms in total. The first-order valence-electron chi connectivity index (χ1n) is 14.1. The fourth-order valence-electron chi connectivity index (χ4n) is 5.56. The molecule has 8 heteroatoms. The molecule has 4 heterocycles. The summed E-state index contributed by atoms with van der Waals surface area (Å²) in [7, 11) is 0. The number of rotatable bonds is 0. The van der Waals surface area contributed by atoms with Gasteiger partial charge in [-0.3, -0.25) is 0 Å². The molecule has 2 aliphatic heterocycles. The molecule has 0 amide bonds. The number of nitrogens with one attached hydrogen (secondary N) is 1. The SMILES string of the molecule is Nc1nc2nc(nc3[nH]c(nc4nc(ncc5ccccc15)C1=C4C=CCC=C1)c1ccccc31)C1=C2C=C=C/C=C\C1. The average molecular weight is 557 g/mol. The van der Waals surface area contributed by atoms with Crippen LogP contribution in [-0.4, -0.2) is 34.9 Å². The number of nitrogen functional groups attached to an aromatic ring is 1. The van der Waals surface area contributed by atoms with Gasteiger partial charge in [0.25, 0.3) is 0 Å². The number of nitrogens with zero attached hydrogens (tertiary/aromatic N) is 6. The maximum absolute atomic E-state index is 6.67. The van der Waals surface area contributed by atoms with Crippen LogP contribution < -0.4 is 5.73 Å². The van der Waals surface area contributed by atoms with Crippen LogP contribution in [0.1, 0.15) is 36.1 Å². The predicted octanol–water partition coefficient (Wildman–Crippen LogP) is 6.87. The zero-order valence-corrected chi connectivity index (χ0v) is 23.0. The van der Waals surface area contributed by atoms with Crippen LogP contribution in [0.5, 0.6) is 0 Å². The van der Waals surface area contributed by atoms with E-state index in [0.29, 0.717) is 46.8 Å². The van der Waals surface area contributed by atoms with Crippen LogP contribution in [0.3, 0.4) is 0 Å². The van der Waals surface area contributed by atoms with Gasteiger partial charge in [0.2, 0.25) is 0 Å². The molecule has 0 saturated carbocycles. The molecule has 4 aliphatic rings. The predicted molar refractivity (Wildman–Crippen MR) is 171 cm³/mol. The van der Waals surface area contributed by atoms with Crippen LogP contribution in [0.4, 0.5) is 5.82 Å². The summed E-state index contributed by atoms with van der Waals surface area (Å²) in [5.41, 5.74) is 14.8. The third-order valence-electron chi connectivity index (χ3n) is 7.65. The molecule has 43 heavy (non-hydrogen) atoms. The second kappa shape index (κ2) is 10.1. The Morgan fingerprint density at radius 1 is 0.674 bits per heavy atom. The molecule has 3 N–H and O–H groups in total. The molecule has 2 aliphatic carbocycles. The minimum Gasteiger partial charge on any atom is -0.383 e. The second-order valence-electron chi connectivity index (χ2n) is 10.3. The Kier molecular flexibility index (Phi) is 5.84. The van der Waals surface area contributed by atoms with Gasteiger partial charge in [-0.2, -0.15) is 0 Å². The number of fused-ring (bicyclic) bond motifs is 14. The molecule has 8 rings (SSSR count). The summed E-state index contributed by atoms with van der Waals surface area (Å²) < 4.78 is 0. The summed E-state index contributed by atoms with van der Waals surface area (Å²) in [5.74, 6) is 2.56. The van der Waals surface area contributed by atoms with Crippen LogP contribution in [0.15, 0.2) is 109 Å². The molecular formula is C35H24N8. The second-order valence-corrected chi connectivity index (χ2v) is 10.3. The van der Waals surface area contributed by atoms with E-state index in [0.717, 1.165) is 50.3 Å². The number of hydrogen-bond donors (Lipinski definition) is 2. The Bertz CT molecular complexity index is 2290. The first-order valence-corrected chi connectivity index (χ1v) is 14.1. The molecule has 0 atom stereocenters. The highest BCUT2D eigenvalue weighted by atomic mass is 15.0. The Labute approximate surface area is 246 Å². The van der Waals surface area contributed by atoms with Gasteiger partial charge in [0, 0.05) is 50.0 Å². The van der Waals surface area contributed by atoms with E-state index < -0.39 is 0 Å². The zero-order chi connectivity index (χ0) is 28.8. The molecule has 204 valence electrons. The van der Waals surface area contributed by atoms with Crippen LogP contribution in [0.2, 0.25) is 0 Å². The number of allylic oxidation sites excluding steroid dienone is 11. The number of nitrogens with two attached hydrogens (primary N) is 1. The Balaban J connectivity index is 1.54. The van der Waals surface area contributed by atoms with E-state index in [4.69, 9.17) is 35.6 Å². The van der Waals surface area contributed by atoms with E-state index in [-0.39, 0.29) is 0 Å². The maximum atomic E-state index is 6.67. The van der Waals surface area contributed by atoms with Crippen molar-refractivity contribution in [3.63, 3.8) is 0 Å². The van der Waals surface area contributed by atoms with Crippen molar-refractivity contribution >= 4 is 60.9 Å². The largest absolute Gasteiger partial charge is 0.383 e. The summed E-state index contributed by atoms with van der Waals surface area (Å²) in [5, 5.41) is 3.43. The number of hydrogen-bond acceptors (Lipinski definition) is 7. The summed E-state index contributed by atoms with van der Waals surface area (Å²) in [6.45, 7) is 0. The van der Waals surface area contributed by atoms with E-state index in [1.807, 2.05) is 66.8 Å². The van der Waals surface area contributed by atoms with Gasteiger partial charge in [0.05, 0.1) is 0 Å². The molecule has 0 unspecified atom stereocenters. The molecular weight excluding hydrogens is 532 g/mol. The van der Waals surface area contributed by atoms with E-state index in [1.54, 1.807) is 6.20 Å². The van der Waals surface area contributed by atoms with Crippen molar-refractivity contribution in [2.75, 3.05) is 5.73 Å². The van der Waals surface area contributed by atoms with Crippen LogP contribution in [0, 0.1) is 0 Å². The minimum atomic E-state index is 0.327. The van der Waals surface area contributed by atoms with Crippen molar-refractivity contribution in [2.45, 2.75) is 12.8 Å². The topological polar surface area (TPSA) is 119 Å². The van der Waals surface area contributed by atoms with Crippen LogP contribution in [-0.2, 0) is 0 Å². The lowest BCUT2D eigenvalue weighted by Gasteiger charge is -2.01. The van der Waals surface area contributed by atoms with Gasteiger partial charge in [-0.05, 0) is 25.0 Å². The van der Waals surface area contributed by atoms with E-state index in [9.17, 15) is 0 Å². The molecule has 4 aromatic rings. The molecule has 2 aromatic carbocycles. The van der Waals surface area contributed by atoms with Gasteiger partial charge in [-0.15, -0.1) is 5.73 Å². The highest BCUT2D eigenvalue weighted by Gasteiger charge is 2.22. The van der Waals surface area contributed by atoms with E-state index >= 15 is 0 Å². The van der Waals surface area contributed by atoms with Crippen LogP contribution >= 0.6 is 0 Å². The van der Waals surface area contributed by atoms with Crippen molar-refractivity contribution in [1.29, 1.82) is 0 Å². The lowest BCUT2D eigenvalue weighted by Crippen LogP contribution is -1.93. The first kappa shape index (κ1) is 24.8.